The van der Waals surface area contributed by atoms with Crippen molar-refractivity contribution >= 4 is 36.1 Å². The molecule has 0 spiro atoms. The van der Waals surface area contributed by atoms with Gasteiger partial charge in [-0.25, -0.2) is 18.0 Å². The molecule has 3 aromatic rings. The van der Waals surface area contributed by atoms with Gasteiger partial charge in [-0.05, 0) is 36.3 Å². The number of nitrogens with one attached hydrogen (secondary N) is 1. The maximum Gasteiger partial charge on any atom is 0.319 e. The number of likely N-dealkylation sites (tertiary alicyclic amines) is 1. The third kappa shape index (κ3) is 4.74. The average molecular weight is 498 g/mol. The molecule has 2 heterocycles. The summed E-state index contributed by atoms with van der Waals surface area (Å²) in [7, 11) is 6.94. The number of nitrogens with zero attached hydrogens (tertiary/aromatic N) is 3. The topological polar surface area (TPSA) is 57.7 Å². The molecule has 1 aromatic heterocycles. The fourth-order valence-corrected chi connectivity index (χ4v) is 4.89. The van der Waals surface area contributed by atoms with E-state index >= 15 is 0 Å². The highest BCUT2D eigenvalue weighted by Crippen LogP contribution is 2.38. The van der Waals surface area contributed by atoms with E-state index < -0.39 is 29.4 Å². The van der Waals surface area contributed by atoms with E-state index in [0.29, 0.717) is 25.2 Å². The highest BCUT2D eigenvalue weighted by molar-refractivity contribution is 6.31. The number of carbonyl (C=O) groups excluding carboxylic acids is 1. The smallest absolute Gasteiger partial charge is 0.319 e. The molecule has 1 aliphatic heterocycles. The number of anilines is 1. The second-order valence-corrected chi connectivity index (χ2v) is 9.51. The van der Waals surface area contributed by atoms with Crippen LogP contribution in [0, 0.1) is 5.82 Å². The van der Waals surface area contributed by atoms with Crippen molar-refractivity contribution in [3.05, 3.63) is 65.0 Å². The van der Waals surface area contributed by atoms with Gasteiger partial charge in [-0.15, -0.1) is 0 Å². The fourth-order valence-electron chi connectivity index (χ4n) is 4.89. The molecule has 2 amide bonds. The second kappa shape index (κ2) is 10.0. The number of benzene rings is 2. The Bertz CT molecular complexity index is 1290. The zero-order valence-corrected chi connectivity index (χ0v) is 21.1. The molecule has 0 saturated carbocycles. The molecule has 4 rings (SSSR count). The normalized spacial score (nSPS) is 18.6. The van der Waals surface area contributed by atoms with Crippen molar-refractivity contribution in [1.82, 2.24) is 14.8 Å². The number of methoxy groups -OCH3 is 1. The fraction of sp³-hybridized carbons (Fsp3) is 0.385. The Morgan fingerprint density at radius 2 is 1.94 bits per heavy atom. The Kier molecular flexibility index (Phi) is 7.18. The van der Waals surface area contributed by atoms with Crippen LogP contribution in [0.25, 0.3) is 10.9 Å². The van der Waals surface area contributed by atoms with Crippen LogP contribution in [0.15, 0.2) is 42.5 Å². The molecule has 1 aliphatic rings. The van der Waals surface area contributed by atoms with Crippen LogP contribution >= 0.6 is 0 Å². The number of hydrogen-bond donors (Lipinski definition) is 1. The predicted octanol–water partition coefficient (Wildman–Crippen LogP) is 3.97. The molecule has 0 unspecified atom stereocenters. The summed E-state index contributed by atoms with van der Waals surface area (Å²) in [6.07, 6.45) is -2.25. The third-order valence-electron chi connectivity index (χ3n) is 6.87. The number of alkyl halides is 2. The number of ether oxygens (including phenoxy) is 1. The van der Waals surface area contributed by atoms with Crippen LogP contribution < -0.4 is 10.9 Å². The van der Waals surface area contributed by atoms with Gasteiger partial charge in [-0.1, -0.05) is 24.3 Å². The Morgan fingerprint density at radius 1 is 1.22 bits per heavy atom. The molecule has 10 heteroatoms. The van der Waals surface area contributed by atoms with Crippen molar-refractivity contribution in [2.45, 2.75) is 31.4 Å². The van der Waals surface area contributed by atoms with Crippen molar-refractivity contribution in [1.29, 1.82) is 0 Å². The molecule has 0 bridgehead atoms. The van der Waals surface area contributed by atoms with Crippen LogP contribution in [0.2, 0.25) is 0 Å². The largest absolute Gasteiger partial charge is 0.378 e. The van der Waals surface area contributed by atoms with Crippen molar-refractivity contribution in [3.8, 4) is 0 Å². The number of urea groups is 1. The zero-order chi connectivity index (χ0) is 26.2. The minimum absolute atomic E-state index is 0.0729. The molecule has 190 valence electrons. The van der Waals surface area contributed by atoms with E-state index in [-0.39, 0.29) is 11.6 Å². The van der Waals surface area contributed by atoms with Crippen LogP contribution in [0.1, 0.15) is 42.5 Å². The van der Waals surface area contributed by atoms with Gasteiger partial charge in [-0.2, -0.15) is 0 Å². The van der Waals surface area contributed by atoms with Crippen molar-refractivity contribution in [2.75, 3.05) is 39.6 Å². The Morgan fingerprint density at radius 3 is 2.61 bits per heavy atom. The molecule has 2 atom stereocenters. The molecular weight excluding hydrogens is 468 g/mol. The SMILES string of the molecule is Bc1cc(N[C@H](C)c2cccc(C(F)F)c2F)c2cc([C@@]3(OC)CCN(C(=O)N(C)C)C3)ccc2n1. The standard InChI is InChI=1S/C26H30BF3N4O2/c1-15(17-6-5-7-18(23(17)28)24(29)30)31-21-13-22(27)32-20-9-8-16(12-19(20)21)26(36-4)10-11-34(14-26)25(35)33(2)3/h5-9,12-13,15,24H,10-11,14,27H2,1-4H3,(H,31,32)/t15-,26-/m1/s1. The second-order valence-electron chi connectivity index (χ2n) is 9.51. The number of fused-ring (bicyclic) bond motifs is 1. The molecule has 2 aromatic carbocycles. The van der Waals surface area contributed by atoms with E-state index in [2.05, 4.69) is 10.3 Å². The molecule has 0 aliphatic carbocycles. The van der Waals surface area contributed by atoms with Gasteiger partial charge in [0.1, 0.15) is 11.4 Å². The first kappa shape index (κ1) is 25.8. The summed E-state index contributed by atoms with van der Waals surface area (Å²) in [6.45, 7) is 2.71. The van der Waals surface area contributed by atoms with E-state index in [9.17, 15) is 18.0 Å². The highest BCUT2D eigenvalue weighted by Gasteiger charge is 2.42. The Balaban J connectivity index is 1.72. The van der Waals surface area contributed by atoms with Crippen LogP contribution in [0.5, 0.6) is 0 Å². The van der Waals surface area contributed by atoms with E-state index in [1.165, 1.54) is 12.1 Å². The summed E-state index contributed by atoms with van der Waals surface area (Å²) in [5.41, 5.74) is 1.98. The van der Waals surface area contributed by atoms with Gasteiger partial charge in [0.15, 0.2) is 7.85 Å². The predicted molar refractivity (Wildman–Crippen MR) is 137 cm³/mol. The van der Waals surface area contributed by atoms with E-state index in [4.69, 9.17) is 4.74 Å². The maximum absolute atomic E-state index is 14.8. The summed E-state index contributed by atoms with van der Waals surface area (Å²) >= 11 is 0. The molecule has 6 nitrogen and oxygen atoms in total. The summed E-state index contributed by atoms with van der Waals surface area (Å²) in [6, 6.07) is 11.1. The lowest BCUT2D eigenvalue weighted by molar-refractivity contribution is -0.00377. The van der Waals surface area contributed by atoms with Gasteiger partial charge in [0.25, 0.3) is 6.43 Å². The van der Waals surface area contributed by atoms with Gasteiger partial charge >= 0.3 is 6.03 Å². The van der Waals surface area contributed by atoms with Crippen LogP contribution in [-0.4, -0.2) is 63.0 Å². The summed E-state index contributed by atoms with van der Waals surface area (Å²) in [5, 5.41) is 4.10. The highest BCUT2D eigenvalue weighted by atomic mass is 19.3. The van der Waals surface area contributed by atoms with Crippen molar-refractivity contribution in [2.24, 2.45) is 0 Å². The van der Waals surface area contributed by atoms with Gasteiger partial charge in [-0.3, -0.25) is 4.98 Å². The number of halogens is 3. The first-order valence-corrected chi connectivity index (χ1v) is 11.8. The summed E-state index contributed by atoms with van der Waals surface area (Å²) in [5.74, 6) is -0.904. The monoisotopic (exact) mass is 498 g/mol. The average Bonchev–Trinajstić information content (AvgIpc) is 3.29. The van der Waals surface area contributed by atoms with E-state index in [1.54, 1.807) is 37.9 Å². The first-order valence-electron chi connectivity index (χ1n) is 11.8. The van der Waals surface area contributed by atoms with E-state index in [0.717, 1.165) is 28.1 Å². The number of amides is 2. The molecule has 1 fully saturated rings. The lowest BCUT2D eigenvalue weighted by Crippen LogP contribution is -2.40. The van der Waals surface area contributed by atoms with Gasteiger partial charge in [0, 0.05) is 50.8 Å². The van der Waals surface area contributed by atoms with Crippen LogP contribution in [0.3, 0.4) is 0 Å². The number of carbonyl (C=O) groups is 1. The molecule has 0 radical (unpaired) electrons. The number of rotatable bonds is 6. The quantitative estimate of drug-likeness (QED) is 0.523. The minimum atomic E-state index is -2.89. The third-order valence-corrected chi connectivity index (χ3v) is 6.87. The lowest BCUT2D eigenvalue weighted by Gasteiger charge is -2.30. The summed E-state index contributed by atoms with van der Waals surface area (Å²) in [4.78, 5) is 20.5. The minimum Gasteiger partial charge on any atom is -0.378 e. The lowest BCUT2D eigenvalue weighted by atomic mass is 9.90. The zero-order valence-electron chi connectivity index (χ0n) is 21.1. The Hall–Kier alpha value is -3.27. The van der Waals surface area contributed by atoms with Gasteiger partial charge in [0.2, 0.25) is 0 Å². The van der Waals surface area contributed by atoms with Crippen molar-refractivity contribution in [3.63, 3.8) is 0 Å². The molecule has 36 heavy (non-hydrogen) atoms. The number of aromatic nitrogens is 1. The first-order chi connectivity index (χ1) is 17.1. The van der Waals surface area contributed by atoms with Crippen LogP contribution in [-0.2, 0) is 10.3 Å². The summed E-state index contributed by atoms with van der Waals surface area (Å²) < 4.78 is 47.3. The number of pyridine rings is 1. The Labute approximate surface area is 209 Å². The molecular formula is C26H30BF3N4O2. The van der Waals surface area contributed by atoms with Crippen molar-refractivity contribution < 1.29 is 22.7 Å². The van der Waals surface area contributed by atoms with Gasteiger partial charge in [0.05, 0.1) is 23.7 Å². The molecule has 1 saturated heterocycles. The van der Waals surface area contributed by atoms with E-state index in [1.807, 2.05) is 32.1 Å². The van der Waals surface area contributed by atoms with Crippen LogP contribution in [0.4, 0.5) is 23.7 Å². The van der Waals surface area contributed by atoms with Gasteiger partial charge < -0.3 is 19.9 Å². The number of hydrogen-bond acceptors (Lipinski definition) is 4. The maximum atomic E-state index is 14.8. The molecule has 1 N–H and O–H groups in total.